The lowest BCUT2D eigenvalue weighted by molar-refractivity contribution is 0.0130. The molecule has 0 radical (unpaired) electrons. The van der Waals surface area contributed by atoms with Gasteiger partial charge >= 0.3 is 6.09 Å². The molecular weight excluding hydrogens is 444 g/mol. The number of pyridine rings is 1. The SMILES string of the molecule is COc1ccnc(-n2cc(C3CC3)c3c(N4C[C@@H](C)N(C(=O)OC(C)(C)C)C[C@@H]4C)ncnc32)c1. The molecule has 5 rings (SSSR count). The van der Waals surface area contributed by atoms with Crippen LogP contribution in [0.2, 0.25) is 0 Å². The van der Waals surface area contributed by atoms with Crippen molar-refractivity contribution >= 4 is 22.9 Å². The molecule has 0 bridgehead atoms. The fourth-order valence-corrected chi connectivity index (χ4v) is 4.82. The molecular formula is C26H34N6O3. The van der Waals surface area contributed by atoms with Crippen LogP contribution in [0.25, 0.3) is 16.9 Å². The van der Waals surface area contributed by atoms with Crippen molar-refractivity contribution in [2.75, 3.05) is 25.1 Å². The topological polar surface area (TPSA) is 85.6 Å². The Morgan fingerprint density at radius 3 is 2.54 bits per heavy atom. The Morgan fingerprint density at radius 2 is 1.86 bits per heavy atom. The van der Waals surface area contributed by atoms with Gasteiger partial charge in [-0.15, -0.1) is 0 Å². The Hall–Kier alpha value is -3.36. The number of nitrogens with zero attached hydrogens (tertiary/aromatic N) is 6. The molecule has 2 fully saturated rings. The lowest BCUT2D eigenvalue weighted by atomic mass is 10.1. The third-order valence-corrected chi connectivity index (χ3v) is 6.69. The third-order valence-electron chi connectivity index (χ3n) is 6.69. The van der Waals surface area contributed by atoms with Crippen LogP contribution in [0.3, 0.4) is 0 Å². The van der Waals surface area contributed by atoms with Crippen LogP contribution >= 0.6 is 0 Å². The summed E-state index contributed by atoms with van der Waals surface area (Å²) in [4.78, 5) is 31.0. The summed E-state index contributed by atoms with van der Waals surface area (Å²) in [5, 5.41) is 1.07. The minimum Gasteiger partial charge on any atom is -0.497 e. The van der Waals surface area contributed by atoms with Crippen molar-refractivity contribution in [1.29, 1.82) is 0 Å². The van der Waals surface area contributed by atoms with E-state index in [4.69, 9.17) is 14.5 Å². The number of ether oxygens (including phenoxy) is 2. The Labute approximate surface area is 206 Å². The molecule has 0 spiro atoms. The number of anilines is 1. The van der Waals surface area contributed by atoms with E-state index >= 15 is 0 Å². The van der Waals surface area contributed by atoms with Gasteiger partial charge in [0.25, 0.3) is 0 Å². The molecule has 0 aromatic carbocycles. The van der Waals surface area contributed by atoms with E-state index in [0.29, 0.717) is 19.0 Å². The first-order valence-corrected chi connectivity index (χ1v) is 12.3. The molecule has 4 heterocycles. The molecule has 0 unspecified atom stereocenters. The van der Waals surface area contributed by atoms with Crippen LogP contribution in [-0.2, 0) is 4.74 Å². The average Bonchev–Trinajstić information content (AvgIpc) is 3.58. The zero-order valence-corrected chi connectivity index (χ0v) is 21.4. The fourth-order valence-electron chi connectivity index (χ4n) is 4.82. The largest absolute Gasteiger partial charge is 0.497 e. The summed E-state index contributed by atoms with van der Waals surface area (Å²) >= 11 is 0. The summed E-state index contributed by atoms with van der Waals surface area (Å²) in [6.07, 6.45) is 7.60. The number of rotatable bonds is 4. The summed E-state index contributed by atoms with van der Waals surface area (Å²) in [5.41, 5.74) is 1.58. The van der Waals surface area contributed by atoms with Crippen molar-refractivity contribution in [3.63, 3.8) is 0 Å². The number of amides is 1. The Balaban J connectivity index is 1.53. The van der Waals surface area contributed by atoms with Gasteiger partial charge in [0, 0.05) is 43.6 Å². The summed E-state index contributed by atoms with van der Waals surface area (Å²) in [5.74, 6) is 2.94. The van der Waals surface area contributed by atoms with Gasteiger partial charge in [0.15, 0.2) is 5.65 Å². The second-order valence-corrected chi connectivity index (χ2v) is 10.7. The number of aromatic nitrogens is 4. The Bertz CT molecular complexity index is 1250. The highest BCUT2D eigenvalue weighted by Gasteiger charge is 2.37. The van der Waals surface area contributed by atoms with E-state index in [1.807, 2.05) is 42.4 Å². The van der Waals surface area contributed by atoms with Gasteiger partial charge in [-0.2, -0.15) is 0 Å². The van der Waals surface area contributed by atoms with E-state index in [2.05, 4.69) is 34.9 Å². The maximum atomic E-state index is 12.8. The minimum absolute atomic E-state index is 0.0161. The molecule has 3 aromatic rings. The lowest BCUT2D eigenvalue weighted by Gasteiger charge is -2.44. The second-order valence-electron chi connectivity index (χ2n) is 10.7. The van der Waals surface area contributed by atoms with E-state index in [1.165, 1.54) is 5.56 Å². The highest BCUT2D eigenvalue weighted by molar-refractivity contribution is 5.93. The highest BCUT2D eigenvalue weighted by atomic mass is 16.6. The maximum absolute atomic E-state index is 12.8. The van der Waals surface area contributed by atoms with Gasteiger partial charge in [0.05, 0.1) is 12.5 Å². The van der Waals surface area contributed by atoms with Crippen LogP contribution in [0.1, 0.15) is 58.9 Å². The highest BCUT2D eigenvalue weighted by Crippen LogP contribution is 2.46. The van der Waals surface area contributed by atoms with Gasteiger partial charge in [0.1, 0.15) is 29.3 Å². The number of hydrogen-bond acceptors (Lipinski definition) is 7. The van der Waals surface area contributed by atoms with Gasteiger partial charge < -0.3 is 19.3 Å². The lowest BCUT2D eigenvalue weighted by Crippen LogP contribution is -2.59. The second kappa shape index (κ2) is 8.70. The molecule has 1 aliphatic carbocycles. The molecule has 186 valence electrons. The number of carbonyl (C=O) groups is 1. The van der Waals surface area contributed by atoms with Crippen LogP contribution in [0.5, 0.6) is 5.75 Å². The average molecular weight is 479 g/mol. The van der Waals surface area contributed by atoms with Crippen molar-refractivity contribution in [3.8, 4) is 11.6 Å². The zero-order chi connectivity index (χ0) is 24.9. The molecule has 35 heavy (non-hydrogen) atoms. The Kier molecular flexibility index (Phi) is 5.81. The zero-order valence-electron chi connectivity index (χ0n) is 21.4. The number of carbonyl (C=O) groups excluding carboxylic acids is 1. The van der Waals surface area contributed by atoms with Crippen LogP contribution in [0, 0.1) is 0 Å². The first kappa shape index (κ1) is 23.4. The molecule has 0 N–H and O–H groups in total. The standard InChI is InChI=1S/C26H34N6O3/c1-16-13-31(25(33)35-26(3,4)5)17(2)12-30(16)23-22-20(18-7-8-18)14-32(24(22)29-15-28-23)21-11-19(34-6)9-10-27-21/h9-11,14-18H,7-8,12-13H2,1-6H3/t16-,17+/m0/s1. The number of piperazine rings is 1. The van der Waals surface area contributed by atoms with Crippen molar-refractivity contribution in [2.24, 2.45) is 0 Å². The minimum atomic E-state index is -0.522. The maximum Gasteiger partial charge on any atom is 0.410 e. The third kappa shape index (κ3) is 4.51. The van der Waals surface area contributed by atoms with Gasteiger partial charge in [-0.05, 0) is 65.0 Å². The van der Waals surface area contributed by atoms with E-state index in [0.717, 1.165) is 41.3 Å². The van der Waals surface area contributed by atoms with E-state index in [9.17, 15) is 4.79 Å². The molecule has 1 amide bonds. The number of hydrogen-bond donors (Lipinski definition) is 0. The summed E-state index contributed by atoms with van der Waals surface area (Å²) in [6.45, 7) is 11.1. The number of methoxy groups -OCH3 is 1. The fraction of sp³-hybridized carbons (Fsp3) is 0.538. The van der Waals surface area contributed by atoms with Gasteiger partial charge in [-0.1, -0.05) is 0 Å². The summed E-state index contributed by atoms with van der Waals surface area (Å²) in [7, 11) is 1.66. The van der Waals surface area contributed by atoms with Crippen LogP contribution in [-0.4, -0.2) is 68.4 Å². The molecule has 9 nitrogen and oxygen atoms in total. The molecule has 2 aliphatic rings. The summed E-state index contributed by atoms with van der Waals surface area (Å²) in [6, 6.07) is 3.81. The predicted octanol–water partition coefficient (Wildman–Crippen LogP) is 4.54. The quantitative estimate of drug-likeness (QED) is 0.544. The smallest absolute Gasteiger partial charge is 0.410 e. The van der Waals surface area contributed by atoms with E-state index in [1.54, 1.807) is 19.6 Å². The van der Waals surface area contributed by atoms with E-state index in [-0.39, 0.29) is 18.2 Å². The van der Waals surface area contributed by atoms with Crippen LogP contribution in [0.15, 0.2) is 30.9 Å². The predicted molar refractivity (Wildman–Crippen MR) is 134 cm³/mol. The number of fused-ring (bicyclic) bond motifs is 1. The molecule has 2 atom stereocenters. The first-order chi connectivity index (χ1) is 16.7. The molecule has 3 aromatic heterocycles. The van der Waals surface area contributed by atoms with Crippen molar-refractivity contribution in [1.82, 2.24) is 24.4 Å². The van der Waals surface area contributed by atoms with Crippen LogP contribution in [0.4, 0.5) is 10.6 Å². The molecule has 1 aliphatic heterocycles. The van der Waals surface area contributed by atoms with Gasteiger partial charge in [-0.25, -0.2) is 19.7 Å². The first-order valence-electron chi connectivity index (χ1n) is 12.3. The van der Waals surface area contributed by atoms with Crippen molar-refractivity contribution in [2.45, 2.75) is 71.1 Å². The van der Waals surface area contributed by atoms with Crippen molar-refractivity contribution < 1.29 is 14.3 Å². The van der Waals surface area contributed by atoms with Gasteiger partial charge in [-0.3, -0.25) is 4.57 Å². The monoisotopic (exact) mass is 478 g/mol. The Morgan fingerprint density at radius 1 is 1.09 bits per heavy atom. The van der Waals surface area contributed by atoms with Crippen molar-refractivity contribution in [3.05, 3.63) is 36.4 Å². The summed E-state index contributed by atoms with van der Waals surface area (Å²) < 4.78 is 13.1. The normalized spacial score (nSPS) is 20.9. The molecule has 9 heteroatoms. The molecule has 1 saturated carbocycles. The van der Waals surface area contributed by atoms with E-state index < -0.39 is 5.60 Å². The van der Waals surface area contributed by atoms with Crippen LogP contribution < -0.4 is 9.64 Å². The van der Waals surface area contributed by atoms with Gasteiger partial charge in [0.2, 0.25) is 0 Å². The molecule has 1 saturated heterocycles.